The predicted molar refractivity (Wildman–Crippen MR) is 118 cm³/mol. The van der Waals surface area contributed by atoms with Crippen LogP contribution in [0.3, 0.4) is 0 Å². The second-order valence-electron chi connectivity index (χ2n) is 8.89. The van der Waals surface area contributed by atoms with E-state index in [4.69, 9.17) is 0 Å². The van der Waals surface area contributed by atoms with Gasteiger partial charge in [0.25, 0.3) is 0 Å². The quantitative estimate of drug-likeness (QED) is 0.420. The lowest BCUT2D eigenvalue weighted by molar-refractivity contribution is -0.131. The van der Waals surface area contributed by atoms with E-state index in [2.05, 4.69) is 5.18 Å². The number of hydrogen-bond donors (Lipinski definition) is 0. The zero-order valence-corrected chi connectivity index (χ0v) is 17.9. The van der Waals surface area contributed by atoms with Gasteiger partial charge in [0, 0.05) is 18.5 Å². The number of rotatable bonds is 7. The predicted octanol–water partition coefficient (Wildman–Crippen LogP) is 5.43. The highest BCUT2D eigenvalue weighted by atomic mass is 19.1. The Morgan fingerprint density at radius 3 is 2.53 bits per heavy atom. The van der Waals surface area contributed by atoms with Gasteiger partial charge in [-0.2, -0.15) is 4.91 Å². The molecular formula is C25H26F2N2O3. The van der Waals surface area contributed by atoms with Gasteiger partial charge in [-0.25, -0.2) is 8.78 Å². The molecule has 0 N–H and O–H groups in total. The summed E-state index contributed by atoms with van der Waals surface area (Å²) >= 11 is 0. The minimum absolute atomic E-state index is 0.00735. The van der Waals surface area contributed by atoms with Crippen LogP contribution in [0.25, 0.3) is 0 Å². The van der Waals surface area contributed by atoms with Crippen LogP contribution < -0.4 is 4.90 Å². The van der Waals surface area contributed by atoms with Crippen LogP contribution in [0.2, 0.25) is 0 Å². The maximum Gasteiger partial charge on any atom is 0.232 e. The molecule has 0 radical (unpaired) electrons. The smallest absolute Gasteiger partial charge is 0.232 e. The monoisotopic (exact) mass is 440 g/mol. The molecule has 32 heavy (non-hydrogen) atoms. The molecule has 4 rings (SSSR count). The van der Waals surface area contributed by atoms with Crippen molar-refractivity contribution in [2.45, 2.75) is 51.1 Å². The number of β-lactam (4-membered cyclic amide) rings is 1. The van der Waals surface area contributed by atoms with Crippen molar-refractivity contribution in [1.29, 1.82) is 0 Å². The molecule has 0 bridgehead atoms. The van der Waals surface area contributed by atoms with E-state index in [1.165, 1.54) is 18.2 Å². The van der Waals surface area contributed by atoms with Gasteiger partial charge in [0.2, 0.25) is 5.91 Å². The van der Waals surface area contributed by atoms with E-state index in [9.17, 15) is 23.3 Å². The number of hydrogen-bond acceptors (Lipinski definition) is 4. The van der Waals surface area contributed by atoms with Crippen LogP contribution in [0.5, 0.6) is 0 Å². The number of allylic oxidation sites excluding steroid dienone is 4. The number of carbonyl (C=O) groups is 2. The molecule has 7 heteroatoms. The fourth-order valence-corrected chi connectivity index (χ4v) is 5.15. The molecule has 1 fully saturated rings. The minimum atomic E-state index is -0.605. The molecule has 1 aromatic rings. The van der Waals surface area contributed by atoms with Gasteiger partial charge in [-0.05, 0) is 73.1 Å². The topological polar surface area (TPSA) is 66.8 Å². The number of halogens is 2. The number of nitrogens with zero attached hydrogens (tertiary/aromatic N) is 2. The molecule has 5 unspecified atom stereocenters. The summed E-state index contributed by atoms with van der Waals surface area (Å²) in [6.07, 6.45) is 8.63. The van der Waals surface area contributed by atoms with Crippen molar-refractivity contribution < 1.29 is 18.4 Å². The van der Waals surface area contributed by atoms with Crippen LogP contribution in [0, 0.1) is 28.5 Å². The lowest BCUT2D eigenvalue weighted by Crippen LogP contribution is -2.64. The Labute approximate surface area is 185 Å². The molecular weight excluding hydrogens is 414 g/mol. The van der Waals surface area contributed by atoms with Gasteiger partial charge in [0.05, 0.1) is 12.0 Å². The first kappa shape index (κ1) is 22.2. The highest BCUT2D eigenvalue weighted by molar-refractivity contribution is 6.03. The van der Waals surface area contributed by atoms with Crippen LogP contribution in [0.1, 0.15) is 39.0 Å². The number of nitroso groups, excluding NO2 is 1. The summed E-state index contributed by atoms with van der Waals surface area (Å²) in [5, 5.41) is 3.28. The SMILES string of the molecule is CC1CC(F)=CC=C1C(CCC1C(=O)N(c2ccc(F)cc2)C1C1C=CC(=O)CC1)N=O. The normalized spacial score (nSPS) is 28.7. The van der Waals surface area contributed by atoms with E-state index in [0.717, 1.165) is 5.57 Å². The fraction of sp³-hybridized carbons (Fsp3) is 0.440. The molecule has 168 valence electrons. The Kier molecular flexibility index (Phi) is 6.44. The van der Waals surface area contributed by atoms with E-state index >= 15 is 0 Å². The summed E-state index contributed by atoms with van der Waals surface area (Å²) in [7, 11) is 0. The molecule has 0 spiro atoms. The van der Waals surface area contributed by atoms with Crippen LogP contribution in [0.4, 0.5) is 14.5 Å². The molecule has 5 atom stereocenters. The van der Waals surface area contributed by atoms with Gasteiger partial charge >= 0.3 is 0 Å². The Morgan fingerprint density at radius 2 is 1.91 bits per heavy atom. The Balaban J connectivity index is 1.53. The van der Waals surface area contributed by atoms with Crippen molar-refractivity contribution >= 4 is 17.4 Å². The maximum absolute atomic E-state index is 13.5. The molecule has 1 aliphatic heterocycles. The molecule has 1 saturated heterocycles. The standard InChI is InChI=1S/C25H26F2N2O3/c1-15-14-18(27)6-11-21(15)23(28-32)13-12-22-24(16-2-9-20(30)10-3-16)29(25(22)31)19-7-4-17(26)5-8-19/h2,4-9,11,15-16,22-24H,3,10,12-14H2,1H3. The molecule has 1 amide bonds. The first-order valence-corrected chi connectivity index (χ1v) is 11.1. The average Bonchev–Trinajstić information content (AvgIpc) is 2.77. The van der Waals surface area contributed by atoms with Crippen LogP contribution in [-0.2, 0) is 9.59 Å². The second kappa shape index (κ2) is 9.27. The van der Waals surface area contributed by atoms with Gasteiger partial charge in [0.1, 0.15) is 17.7 Å². The zero-order chi connectivity index (χ0) is 22.8. The molecule has 3 aliphatic rings. The number of carbonyl (C=O) groups excluding carboxylic acids is 2. The Hall–Kier alpha value is -2.96. The van der Waals surface area contributed by atoms with Gasteiger partial charge in [-0.3, -0.25) is 9.59 Å². The number of anilines is 1. The second-order valence-corrected chi connectivity index (χ2v) is 8.89. The molecule has 1 heterocycles. The summed E-state index contributed by atoms with van der Waals surface area (Å²) in [4.78, 5) is 38.0. The summed E-state index contributed by atoms with van der Waals surface area (Å²) in [5.74, 6) is -1.02. The largest absolute Gasteiger partial charge is 0.308 e. The van der Waals surface area contributed by atoms with E-state index in [-0.39, 0.29) is 53.6 Å². The highest BCUT2D eigenvalue weighted by Gasteiger charge is 2.51. The third kappa shape index (κ3) is 4.33. The summed E-state index contributed by atoms with van der Waals surface area (Å²) in [6, 6.07) is 5.04. The van der Waals surface area contributed by atoms with Crippen molar-refractivity contribution in [3.05, 3.63) is 70.7 Å². The van der Waals surface area contributed by atoms with Crippen molar-refractivity contribution in [2.75, 3.05) is 4.90 Å². The van der Waals surface area contributed by atoms with E-state index in [1.807, 2.05) is 13.0 Å². The molecule has 0 aromatic heterocycles. The average molecular weight is 440 g/mol. The Bertz CT molecular complexity index is 999. The third-order valence-electron chi connectivity index (χ3n) is 6.85. The fourth-order valence-electron chi connectivity index (χ4n) is 5.15. The van der Waals surface area contributed by atoms with Crippen molar-refractivity contribution in [1.82, 2.24) is 0 Å². The van der Waals surface area contributed by atoms with Crippen molar-refractivity contribution in [2.24, 2.45) is 22.9 Å². The number of ketones is 1. The van der Waals surface area contributed by atoms with Gasteiger partial charge in [-0.1, -0.05) is 24.3 Å². The van der Waals surface area contributed by atoms with Crippen molar-refractivity contribution in [3.63, 3.8) is 0 Å². The van der Waals surface area contributed by atoms with Gasteiger partial charge < -0.3 is 4.90 Å². The zero-order valence-electron chi connectivity index (χ0n) is 17.9. The first-order chi connectivity index (χ1) is 15.4. The van der Waals surface area contributed by atoms with Crippen LogP contribution in [-0.4, -0.2) is 23.8 Å². The van der Waals surface area contributed by atoms with Gasteiger partial charge in [-0.15, -0.1) is 0 Å². The third-order valence-corrected chi connectivity index (χ3v) is 6.85. The van der Waals surface area contributed by atoms with Gasteiger partial charge in [0.15, 0.2) is 5.78 Å². The Morgan fingerprint density at radius 1 is 1.16 bits per heavy atom. The lowest BCUT2D eigenvalue weighted by atomic mass is 9.72. The van der Waals surface area contributed by atoms with E-state index in [1.54, 1.807) is 29.2 Å². The molecule has 0 saturated carbocycles. The van der Waals surface area contributed by atoms with E-state index < -0.39 is 6.04 Å². The summed E-state index contributed by atoms with van der Waals surface area (Å²) in [5.41, 5.74) is 1.42. The minimum Gasteiger partial charge on any atom is -0.308 e. The molecule has 1 aromatic carbocycles. The lowest BCUT2D eigenvalue weighted by Gasteiger charge is -2.51. The number of amides is 1. The summed E-state index contributed by atoms with van der Waals surface area (Å²) in [6.45, 7) is 1.87. The summed E-state index contributed by atoms with van der Waals surface area (Å²) < 4.78 is 26.9. The maximum atomic E-state index is 13.5. The molecule has 5 nitrogen and oxygen atoms in total. The molecule has 2 aliphatic carbocycles. The number of benzene rings is 1. The highest BCUT2D eigenvalue weighted by Crippen LogP contribution is 2.43. The van der Waals surface area contributed by atoms with Crippen LogP contribution in [0.15, 0.2) is 65.1 Å². The van der Waals surface area contributed by atoms with E-state index in [0.29, 0.717) is 31.4 Å². The van der Waals surface area contributed by atoms with Crippen LogP contribution >= 0.6 is 0 Å². The first-order valence-electron chi connectivity index (χ1n) is 11.1. The van der Waals surface area contributed by atoms with Crippen molar-refractivity contribution in [3.8, 4) is 0 Å².